The van der Waals surface area contributed by atoms with Gasteiger partial charge >= 0.3 is 5.97 Å². The minimum absolute atomic E-state index is 0.000436. The molecule has 28 heavy (non-hydrogen) atoms. The highest BCUT2D eigenvalue weighted by atomic mass is 35.5. The van der Waals surface area contributed by atoms with Gasteiger partial charge in [0.15, 0.2) is 6.61 Å². The molecule has 0 radical (unpaired) electrons. The molecule has 0 atom stereocenters. The lowest BCUT2D eigenvalue weighted by Gasteiger charge is -2.30. The Kier molecular flexibility index (Phi) is 6.70. The smallest absolute Gasteiger partial charge is 0.309 e. The summed E-state index contributed by atoms with van der Waals surface area (Å²) >= 11 is 7.31. The lowest BCUT2D eigenvalue weighted by atomic mass is 9.97. The van der Waals surface area contributed by atoms with Crippen LogP contribution in [0.3, 0.4) is 0 Å². The van der Waals surface area contributed by atoms with Crippen molar-refractivity contribution in [3.05, 3.63) is 51.2 Å². The van der Waals surface area contributed by atoms with Gasteiger partial charge in [-0.15, -0.1) is 11.3 Å². The van der Waals surface area contributed by atoms with Crippen molar-refractivity contribution in [1.29, 1.82) is 0 Å². The van der Waals surface area contributed by atoms with Crippen molar-refractivity contribution in [2.45, 2.75) is 19.8 Å². The molecule has 0 unspecified atom stereocenters. The van der Waals surface area contributed by atoms with Crippen molar-refractivity contribution in [3.63, 3.8) is 0 Å². The van der Waals surface area contributed by atoms with Crippen LogP contribution in [0.15, 0.2) is 35.7 Å². The summed E-state index contributed by atoms with van der Waals surface area (Å²) in [6, 6.07) is 8.78. The highest BCUT2D eigenvalue weighted by molar-refractivity contribution is 7.12. The summed E-state index contributed by atoms with van der Waals surface area (Å²) in [5.41, 5.74) is 1.46. The number of esters is 1. The number of halogens is 1. The summed E-state index contributed by atoms with van der Waals surface area (Å²) in [6.45, 7) is 2.51. The van der Waals surface area contributed by atoms with E-state index in [-0.39, 0.29) is 18.4 Å². The zero-order valence-electron chi connectivity index (χ0n) is 15.4. The van der Waals surface area contributed by atoms with E-state index in [4.69, 9.17) is 16.3 Å². The van der Waals surface area contributed by atoms with E-state index in [0.29, 0.717) is 41.5 Å². The second-order valence-corrected chi connectivity index (χ2v) is 8.04. The number of nitrogens with one attached hydrogen (secondary N) is 1. The highest BCUT2D eigenvalue weighted by Crippen LogP contribution is 2.22. The van der Waals surface area contributed by atoms with Gasteiger partial charge in [-0.1, -0.05) is 17.7 Å². The minimum Gasteiger partial charge on any atom is -0.455 e. The number of piperidine rings is 1. The van der Waals surface area contributed by atoms with Gasteiger partial charge in [0.05, 0.1) is 10.8 Å². The van der Waals surface area contributed by atoms with E-state index >= 15 is 0 Å². The number of rotatable bonds is 5. The number of amides is 2. The van der Waals surface area contributed by atoms with Crippen LogP contribution in [0.2, 0.25) is 5.02 Å². The van der Waals surface area contributed by atoms with Crippen molar-refractivity contribution in [2.24, 2.45) is 5.92 Å². The van der Waals surface area contributed by atoms with Crippen molar-refractivity contribution in [2.75, 3.05) is 25.0 Å². The predicted molar refractivity (Wildman–Crippen MR) is 109 cm³/mol. The van der Waals surface area contributed by atoms with Crippen LogP contribution in [0.4, 0.5) is 5.69 Å². The Morgan fingerprint density at radius 1 is 1.25 bits per heavy atom. The number of aryl methyl sites for hydroxylation is 1. The lowest BCUT2D eigenvalue weighted by Crippen LogP contribution is -2.40. The number of carbonyl (C=O) groups is 3. The molecule has 148 valence electrons. The maximum atomic E-state index is 12.3. The summed E-state index contributed by atoms with van der Waals surface area (Å²) in [7, 11) is 0. The Bertz CT molecular complexity index is 861. The molecule has 6 nitrogen and oxygen atoms in total. The molecule has 0 spiro atoms. The molecular weight excluding hydrogens is 400 g/mol. The van der Waals surface area contributed by atoms with Gasteiger partial charge in [0.2, 0.25) is 0 Å². The van der Waals surface area contributed by atoms with Gasteiger partial charge in [-0.3, -0.25) is 14.4 Å². The molecule has 2 aromatic rings. The number of carbonyl (C=O) groups excluding carboxylic acids is 3. The Hall–Kier alpha value is -2.38. The van der Waals surface area contributed by atoms with Gasteiger partial charge in [-0.2, -0.15) is 0 Å². The number of anilines is 1. The van der Waals surface area contributed by atoms with E-state index < -0.39 is 11.9 Å². The third-order valence-corrected chi connectivity index (χ3v) is 5.75. The zero-order chi connectivity index (χ0) is 20.1. The number of hydrogen-bond acceptors (Lipinski definition) is 5. The first-order chi connectivity index (χ1) is 13.4. The molecule has 1 saturated heterocycles. The van der Waals surface area contributed by atoms with Crippen molar-refractivity contribution < 1.29 is 19.1 Å². The van der Waals surface area contributed by atoms with Crippen molar-refractivity contribution in [3.8, 4) is 0 Å². The third kappa shape index (κ3) is 5.11. The molecular formula is C20H21ClN2O4S. The van der Waals surface area contributed by atoms with Crippen LogP contribution < -0.4 is 5.32 Å². The Balaban J connectivity index is 1.43. The van der Waals surface area contributed by atoms with Crippen LogP contribution in [0, 0.1) is 12.8 Å². The molecule has 3 rings (SSSR count). The number of hydrogen-bond donors (Lipinski definition) is 1. The first-order valence-electron chi connectivity index (χ1n) is 8.99. The summed E-state index contributed by atoms with van der Waals surface area (Å²) in [6.07, 6.45) is 1.07. The topological polar surface area (TPSA) is 75.7 Å². The number of benzene rings is 1. The monoisotopic (exact) mass is 420 g/mol. The van der Waals surface area contributed by atoms with Crippen LogP contribution in [0.1, 0.15) is 28.1 Å². The summed E-state index contributed by atoms with van der Waals surface area (Å²) < 4.78 is 5.17. The molecule has 1 aromatic carbocycles. The Morgan fingerprint density at radius 3 is 2.64 bits per heavy atom. The Labute approximate surface area is 172 Å². The molecule has 1 aliphatic heterocycles. The van der Waals surface area contributed by atoms with E-state index in [1.54, 1.807) is 29.2 Å². The fraction of sp³-hybridized carbons (Fsp3) is 0.350. The SMILES string of the molecule is Cc1cc(Cl)ccc1NC(=O)COC(=O)C1CCN(C(=O)c2cccs2)CC1. The van der Waals surface area contributed by atoms with Gasteiger partial charge in [0, 0.05) is 23.8 Å². The maximum Gasteiger partial charge on any atom is 0.309 e. The highest BCUT2D eigenvalue weighted by Gasteiger charge is 2.29. The first-order valence-corrected chi connectivity index (χ1v) is 10.2. The number of likely N-dealkylation sites (tertiary alicyclic amines) is 1. The lowest BCUT2D eigenvalue weighted by molar-refractivity contribution is -0.152. The molecule has 2 heterocycles. The van der Waals surface area contributed by atoms with Crippen molar-refractivity contribution in [1.82, 2.24) is 4.90 Å². The summed E-state index contributed by atoms with van der Waals surface area (Å²) in [5.74, 6) is -1.09. The number of ether oxygens (including phenoxy) is 1. The van der Waals surface area contributed by atoms with E-state index in [2.05, 4.69) is 5.32 Å². The van der Waals surface area contributed by atoms with Gasteiger partial charge in [-0.05, 0) is 55.0 Å². The molecule has 2 amide bonds. The first kappa shape index (κ1) is 20.4. The van der Waals surface area contributed by atoms with Gasteiger partial charge in [-0.25, -0.2) is 0 Å². The molecule has 0 aliphatic carbocycles. The second kappa shape index (κ2) is 9.21. The fourth-order valence-corrected chi connectivity index (χ4v) is 4.00. The Morgan fingerprint density at radius 2 is 2.00 bits per heavy atom. The second-order valence-electron chi connectivity index (χ2n) is 6.66. The quantitative estimate of drug-likeness (QED) is 0.747. The van der Waals surface area contributed by atoms with Gasteiger partial charge < -0.3 is 15.0 Å². The molecule has 1 aliphatic rings. The molecule has 0 saturated carbocycles. The van der Waals surface area contributed by atoms with E-state index in [9.17, 15) is 14.4 Å². The molecule has 1 N–H and O–H groups in total. The van der Waals surface area contributed by atoms with E-state index in [1.807, 2.05) is 18.4 Å². The average molecular weight is 421 g/mol. The van der Waals surface area contributed by atoms with Gasteiger partial charge in [0.25, 0.3) is 11.8 Å². The third-order valence-electron chi connectivity index (χ3n) is 4.66. The molecule has 1 aromatic heterocycles. The van der Waals surface area contributed by atoms with Crippen LogP contribution in [0.25, 0.3) is 0 Å². The number of thiophene rings is 1. The minimum atomic E-state index is -0.399. The number of nitrogens with zero attached hydrogens (tertiary/aromatic N) is 1. The molecule has 0 bridgehead atoms. The van der Waals surface area contributed by atoms with Crippen LogP contribution in [-0.2, 0) is 14.3 Å². The fourth-order valence-electron chi connectivity index (χ4n) is 3.08. The van der Waals surface area contributed by atoms with E-state index in [0.717, 1.165) is 5.56 Å². The standard InChI is InChI=1S/C20H21ClN2O4S/c1-13-11-15(21)4-5-16(13)22-18(24)12-27-20(26)14-6-8-23(9-7-14)19(25)17-3-2-10-28-17/h2-5,10-11,14H,6-9,12H2,1H3,(H,22,24). The van der Waals surface area contributed by atoms with Crippen molar-refractivity contribution >= 4 is 46.4 Å². The molecule has 8 heteroatoms. The normalized spacial score (nSPS) is 14.6. The average Bonchev–Trinajstić information content (AvgIpc) is 3.22. The van der Waals surface area contributed by atoms with Crippen LogP contribution >= 0.6 is 22.9 Å². The molecule has 1 fully saturated rings. The summed E-state index contributed by atoms with van der Waals surface area (Å²) in [5, 5.41) is 5.16. The van der Waals surface area contributed by atoms with E-state index in [1.165, 1.54) is 11.3 Å². The van der Waals surface area contributed by atoms with Crippen LogP contribution in [0.5, 0.6) is 0 Å². The van der Waals surface area contributed by atoms with Crippen LogP contribution in [-0.4, -0.2) is 42.4 Å². The largest absolute Gasteiger partial charge is 0.455 e. The zero-order valence-corrected chi connectivity index (χ0v) is 17.0. The predicted octanol–water partition coefficient (Wildman–Crippen LogP) is 3.74. The summed E-state index contributed by atoms with van der Waals surface area (Å²) in [4.78, 5) is 39.1. The van der Waals surface area contributed by atoms with Gasteiger partial charge in [0.1, 0.15) is 0 Å². The maximum absolute atomic E-state index is 12.3.